The Morgan fingerprint density at radius 2 is 1.29 bits per heavy atom. The molecule has 1 nitrogen and oxygen atoms in total. The first kappa shape index (κ1) is 12.2. The van der Waals surface area contributed by atoms with Crippen molar-refractivity contribution in [1.82, 2.24) is 0 Å². The molecule has 0 heterocycles. The second kappa shape index (κ2) is 5.87. The third-order valence-electron chi connectivity index (χ3n) is 2.77. The average Bonchev–Trinajstić information content (AvgIpc) is 2.39. The zero-order chi connectivity index (χ0) is 12.1. The van der Waals surface area contributed by atoms with Gasteiger partial charge in [-0.25, -0.2) is 0 Å². The molecule has 2 aromatic carbocycles. The Bertz CT molecular complexity index is 459. The van der Waals surface area contributed by atoms with Gasteiger partial charge in [-0.05, 0) is 48.2 Å². The summed E-state index contributed by atoms with van der Waals surface area (Å²) in [6.45, 7) is 0. The first-order valence-electron chi connectivity index (χ1n) is 5.65. The second-order valence-electron chi connectivity index (χ2n) is 3.97. The predicted octanol–water partition coefficient (Wildman–Crippen LogP) is 4.24. The van der Waals surface area contributed by atoms with Crippen molar-refractivity contribution >= 4 is 15.9 Å². The minimum atomic E-state index is 0.914. The lowest BCUT2D eigenvalue weighted by Crippen LogP contribution is -1.91. The third kappa shape index (κ3) is 3.60. The molecule has 0 N–H and O–H groups in total. The summed E-state index contributed by atoms with van der Waals surface area (Å²) in [5.41, 5.74) is 2.71. The Morgan fingerprint density at radius 1 is 0.824 bits per heavy atom. The highest BCUT2D eigenvalue weighted by molar-refractivity contribution is 9.10. The normalized spacial score (nSPS) is 10.2. The Balaban J connectivity index is 1.95. The van der Waals surface area contributed by atoms with E-state index < -0.39 is 0 Å². The van der Waals surface area contributed by atoms with Crippen molar-refractivity contribution in [3.8, 4) is 5.75 Å². The van der Waals surface area contributed by atoms with E-state index in [-0.39, 0.29) is 0 Å². The van der Waals surface area contributed by atoms with Crippen LogP contribution in [0.5, 0.6) is 5.75 Å². The molecule has 0 unspecified atom stereocenters. The maximum absolute atomic E-state index is 5.14. The molecule has 0 radical (unpaired) electrons. The summed E-state index contributed by atoms with van der Waals surface area (Å²) >= 11 is 3.44. The SMILES string of the molecule is COc1ccc(CCc2ccc(Br)cc2)cc1. The van der Waals surface area contributed by atoms with Gasteiger partial charge in [0.05, 0.1) is 7.11 Å². The van der Waals surface area contributed by atoms with Gasteiger partial charge in [0.15, 0.2) is 0 Å². The highest BCUT2D eigenvalue weighted by atomic mass is 79.9. The topological polar surface area (TPSA) is 9.23 Å². The molecule has 0 amide bonds. The van der Waals surface area contributed by atoms with Crippen LogP contribution in [0.15, 0.2) is 53.0 Å². The van der Waals surface area contributed by atoms with Crippen LogP contribution >= 0.6 is 15.9 Å². The molecule has 0 saturated heterocycles. The molecular formula is C15H15BrO. The van der Waals surface area contributed by atoms with E-state index >= 15 is 0 Å². The molecular weight excluding hydrogens is 276 g/mol. The minimum Gasteiger partial charge on any atom is -0.497 e. The summed E-state index contributed by atoms with van der Waals surface area (Å²) in [6.07, 6.45) is 2.13. The molecule has 2 rings (SSSR count). The van der Waals surface area contributed by atoms with E-state index in [1.165, 1.54) is 11.1 Å². The van der Waals surface area contributed by atoms with Crippen LogP contribution in [-0.4, -0.2) is 7.11 Å². The van der Waals surface area contributed by atoms with Crippen LogP contribution in [0.1, 0.15) is 11.1 Å². The first-order chi connectivity index (χ1) is 8.28. The van der Waals surface area contributed by atoms with Gasteiger partial charge in [-0.1, -0.05) is 40.2 Å². The van der Waals surface area contributed by atoms with Gasteiger partial charge in [0, 0.05) is 4.47 Å². The Morgan fingerprint density at radius 3 is 1.76 bits per heavy atom. The summed E-state index contributed by atoms with van der Waals surface area (Å²) in [7, 11) is 1.69. The molecule has 2 heteroatoms. The lowest BCUT2D eigenvalue weighted by Gasteiger charge is -2.04. The molecule has 0 spiro atoms. The van der Waals surface area contributed by atoms with E-state index in [9.17, 15) is 0 Å². The van der Waals surface area contributed by atoms with E-state index in [0.29, 0.717) is 0 Å². The van der Waals surface area contributed by atoms with E-state index in [2.05, 4.69) is 52.3 Å². The van der Waals surface area contributed by atoms with Crippen LogP contribution in [0.25, 0.3) is 0 Å². The fourth-order valence-corrected chi connectivity index (χ4v) is 2.00. The average molecular weight is 291 g/mol. The van der Waals surface area contributed by atoms with Crippen LogP contribution in [0.4, 0.5) is 0 Å². The fourth-order valence-electron chi connectivity index (χ4n) is 1.73. The predicted molar refractivity (Wildman–Crippen MR) is 74.5 cm³/mol. The zero-order valence-electron chi connectivity index (χ0n) is 9.82. The fraction of sp³-hybridized carbons (Fsp3) is 0.200. The molecule has 0 fully saturated rings. The highest BCUT2D eigenvalue weighted by Gasteiger charge is 1.97. The molecule has 0 aliphatic carbocycles. The van der Waals surface area contributed by atoms with Crippen molar-refractivity contribution in [3.63, 3.8) is 0 Å². The lowest BCUT2D eigenvalue weighted by molar-refractivity contribution is 0.414. The van der Waals surface area contributed by atoms with Crippen molar-refractivity contribution in [3.05, 3.63) is 64.1 Å². The lowest BCUT2D eigenvalue weighted by atomic mass is 10.0. The molecule has 0 aromatic heterocycles. The maximum Gasteiger partial charge on any atom is 0.118 e. The van der Waals surface area contributed by atoms with Gasteiger partial charge in [0.2, 0.25) is 0 Å². The van der Waals surface area contributed by atoms with E-state index in [1.807, 2.05) is 12.1 Å². The number of hydrogen-bond acceptors (Lipinski definition) is 1. The number of benzene rings is 2. The molecule has 0 atom stereocenters. The number of aryl methyl sites for hydroxylation is 2. The van der Waals surface area contributed by atoms with Gasteiger partial charge in [-0.2, -0.15) is 0 Å². The standard InChI is InChI=1S/C15H15BrO/c1-17-15-10-6-13(7-11-15)3-2-12-4-8-14(16)9-5-12/h4-11H,2-3H2,1H3. The molecule has 0 saturated carbocycles. The van der Waals surface area contributed by atoms with Crippen molar-refractivity contribution in [2.75, 3.05) is 7.11 Å². The van der Waals surface area contributed by atoms with Crippen LogP contribution in [0.3, 0.4) is 0 Å². The largest absolute Gasteiger partial charge is 0.497 e. The number of hydrogen-bond donors (Lipinski definition) is 0. The maximum atomic E-state index is 5.14. The van der Waals surface area contributed by atoms with Gasteiger partial charge in [-0.15, -0.1) is 0 Å². The molecule has 0 bridgehead atoms. The first-order valence-corrected chi connectivity index (χ1v) is 6.44. The van der Waals surface area contributed by atoms with Crippen LogP contribution < -0.4 is 4.74 Å². The summed E-state index contributed by atoms with van der Waals surface area (Å²) in [5, 5.41) is 0. The van der Waals surface area contributed by atoms with Gasteiger partial charge in [-0.3, -0.25) is 0 Å². The number of halogens is 1. The highest BCUT2D eigenvalue weighted by Crippen LogP contribution is 2.15. The number of rotatable bonds is 4. The van der Waals surface area contributed by atoms with Crippen molar-refractivity contribution in [2.45, 2.75) is 12.8 Å². The molecule has 0 aliphatic rings. The Kier molecular flexibility index (Phi) is 4.21. The molecule has 17 heavy (non-hydrogen) atoms. The van der Waals surface area contributed by atoms with E-state index in [1.54, 1.807) is 7.11 Å². The number of ether oxygens (including phenoxy) is 1. The van der Waals surface area contributed by atoms with Crippen LogP contribution in [0, 0.1) is 0 Å². The van der Waals surface area contributed by atoms with E-state index in [0.717, 1.165) is 23.1 Å². The molecule has 0 aliphatic heterocycles. The molecule has 88 valence electrons. The van der Waals surface area contributed by atoms with Crippen molar-refractivity contribution < 1.29 is 4.74 Å². The third-order valence-corrected chi connectivity index (χ3v) is 3.30. The van der Waals surface area contributed by atoms with Gasteiger partial charge in [0.25, 0.3) is 0 Å². The Labute approximate surface area is 111 Å². The number of methoxy groups -OCH3 is 1. The minimum absolute atomic E-state index is 0.914. The zero-order valence-corrected chi connectivity index (χ0v) is 11.4. The summed E-state index contributed by atoms with van der Waals surface area (Å²) in [4.78, 5) is 0. The quantitative estimate of drug-likeness (QED) is 0.818. The summed E-state index contributed by atoms with van der Waals surface area (Å²) in [6, 6.07) is 16.8. The van der Waals surface area contributed by atoms with Crippen LogP contribution in [0.2, 0.25) is 0 Å². The summed E-state index contributed by atoms with van der Waals surface area (Å²) < 4.78 is 6.27. The van der Waals surface area contributed by atoms with Crippen molar-refractivity contribution in [1.29, 1.82) is 0 Å². The smallest absolute Gasteiger partial charge is 0.118 e. The summed E-state index contributed by atoms with van der Waals surface area (Å²) in [5.74, 6) is 0.914. The van der Waals surface area contributed by atoms with Crippen LogP contribution in [-0.2, 0) is 12.8 Å². The Hall–Kier alpha value is -1.28. The van der Waals surface area contributed by atoms with Gasteiger partial charge >= 0.3 is 0 Å². The van der Waals surface area contributed by atoms with E-state index in [4.69, 9.17) is 4.74 Å². The van der Waals surface area contributed by atoms with Crippen molar-refractivity contribution in [2.24, 2.45) is 0 Å². The monoisotopic (exact) mass is 290 g/mol. The second-order valence-corrected chi connectivity index (χ2v) is 4.89. The van der Waals surface area contributed by atoms with Gasteiger partial charge < -0.3 is 4.74 Å². The van der Waals surface area contributed by atoms with Gasteiger partial charge in [0.1, 0.15) is 5.75 Å². The molecule has 2 aromatic rings.